The van der Waals surface area contributed by atoms with Gasteiger partial charge in [-0.1, -0.05) is 55.8 Å². The van der Waals surface area contributed by atoms with Gasteiger partial charge in [-0.3, -0.25) is 4.79 Å². The number of hydrogen-bond donors (Lipinski definition) is 3. The highest BCUT2D eigenvalue weighted by atomic mass is 35.5. The van der Waals surface area contributed by atoms with Gasteiger partial charge in [0.2, 0.25) is 5.91 Å². The maximum atomic E-state index is 12.2. The fraction of sp³-hybridized carbons (Fsp3) is 0.381. The quantitative estimate of drug-likeness (QED) is 0.705. The van der Waals surface area contributed by atoms with Gasteiger partial charge in [-0.2, -0.15) is 0 Å². The molecule has 0 unspecified atom stereocenters. The molecule has 5 nitrogen and oxygen atoms in total. The number of nitrogens with one attached hydrogen (secondary N) is 1. The van der Waals surface area contributed by atoms with Crippen LogP contribution in [0, 0.1) is 0 Å². The molecule has 0 bridgehead atoms. The number of carbonyl (C=O) groups excluding carboxylic acids is 1. The van der Waals surface area contributed by atoms with Crippen LogP contribution < -0.4 is 11.1 Å². The highest BCUT2D eigenvalue weighted by molar-refractivity contribution is 5.85. The van der Waals surface area contributed by atoms with Crippen LogP contribution in [0.4, 0.5) is 0 Å². The molecule has 0 spiro atoms. The van der Waals surface area contributed by atoms with E-state index < -0.39 is 6.04 Å². The number of halogens is 1. The monoisotopic (exact) mass is 390 g/mol. The van der Waals surface area contributed by atoms with Crippen molar-refractivity contribution >= 4 is 18.3 Å². The maximum Gasteiger partial charge on any atom is 0.237 e. The van der Waals surface area contributed by atoms with E-state index in [1.165, 1.54) is 0 Å². The fourth-order valence-corrected chi connectivity index (χ4v) is 3.41. The van der Waals surface area contributed by atoms with E-state index in [-0.39, 0.29) is 36.3 Å². The van der Waals surface area contributed by atoms with E-state index in [9.17, 15) is 9.90 Å². The molecule has 1 aliphatic rings. The first-order valence-corrected chi connectivity index (χ1v) is 9.14. The highest BCUT2D eigenvalue weighted by Crippen LogP contribution is 2.40. The molecular formula is C21H27ClN2O3. The van der Waals surface area contributed by atoms with Crippen molar-refractivity contribution in [2.24, 2.45) is 5.73 Å². The van der Waals surface area contributed by atoms with Crippen molar-refractivity contribution in [2.75, 3.05) is 6.54 Å². The average molecular weight is 391 g/mol. The molecule has 3 rings (SSSR count). The van der Waals surface area contributed by atoms with Crippen LogP contribution in [-0.2, 0) is 16.0 Å². The molecule has 2 aromatic carbocycles. The zero-order chi connectivity index (χ0) is 18.5. The molecular weight excluding hydrogens is 364 g/mol. The van der Waals surface area contributed by atoms with Gasteiger partial charge < -0.3 is 20.9 Å². The number of phenols is 1. The second-order valence-corrected chi connectivity index (χ2v) is 6.71. The molecule has 0 fully saturated rings. The normalized spacial score (nSPS) is 19.5. The summed E-state index contributed by atoms with van der Waals surface area (Å²) < 4.78 is 6.28. The lowest BCUT2D eigenvalue weighted by Crippen LogP contribution is -2.42. The van der Waals surface area contributed by atoms with Crippen LogP contribution in [0.5, 0.6) is 5.75 Å². The molecule has 0 aromatic heterocycles. The van der Waals surface area contributed by atoms with Crippen molar-refractivity contribution < 1.29 is 14.6 Å². The fourth-order valence-electron chi connectivity index (χ4n) is 3.41. The Morgan fingerprint density at radius 1 is 1.26 bits per heavy atom. The van der Waals surface area contributed by atoms with E-state index in [0.717, 1.165) is 23.1 Å². The van der Waals surface area contributed by atoms with E-state index in [1.54, 1.807) is 12.1 Å². The molecule has 1 aliphatic heterocycles. The Hall–Kier alpha value is -2.08. The second-order valence-electron chi connectivity index (χ2n) is 6.71. The molecule has 0 saturated carbocycles. The van der Waals surface area contributed by atoms with Gasteiger partial charge in [-0.25, -0.2) is 0 Å². The number of nitrogens with two attached hydrogens (primary N) is 1. The molecule has 1 amide bonds. The molecule has 3 atom stereocenters. The van der Waals surface area contributed by atoms with Gasteiger partial charge in [0.1, 0.15) is 11.9 Å². The van der Waals surface area contributed by atoms with E-state index in [1.807, 2.05) is 43.3 Å². The molecule has 27 heavy (non-hydrogen) atoms. The number of phenolic OH excluding ortho intramolecular Hbond substituents is 1. The first-order valence-electron chi connectivity index (χ1n) is 9.14. The van der Waals surface area contributed by atoms with Gasteiger partial charge in [0.25, 0.3) is 0 Å². The summed E-state index contributed by atoms with van der Waals surface area (Å²) in [6, 6.07) is 14.9. The number of hydrogen-bond acceptors (Lipinski definition) is 4. The topological polar surface area (TPSA) is 84.6 Å². The predicted molar refractivity (Wildman–Crippen MR) is 108 cm³/mol. The summed E-state index contributed by atoms with van der Waals surface area (Å²) >= 11 is 0. The number of aromatic hydroxyl groups is 1. The number of ether oxygens (including phenoxy) is 1. The van der Waals surface area contributed by atoms with Crippen LogP contribution in [0.25, 0.3) is 0 Å². The number of amides is 1. The summed E-state index contributed by atoms with van der Waals surface area (Å²) in [5.74, 6) is 0.102. The van der Waals surface area contributed by atoms with Crippen LogP contribution in [0.15, 0.2) is 48.5 Å². The molecule has 0 radical (unpaired) electrons. The van der Waals surface area contributed by atoms with Crippen LogP contribution in [-0.4, -0.2) is 23.6 Å². The maximum absolute atomic E-state index is 12.2. The summed E-state index contributed by atoms with van der Waals surface area (Å²) in [7, 11) is 0. The van der Waals surface area contributed by atoms with E-state index >= 15 is 0 Å². The van der Waals surface area contributed by atoms with Gasteiger partial charge in [0.05, 0.1) is 12.1 Å². The van der Waals surface area contributed by atoms with Crippen LogP contribution in [0.1, 0.15) is 48.7 Å². The Bertz CT molecular complexity index is 754. The highest BCUT2D eigenvalue weighted by Gasteiger charge is 2.30. The molecule has 6 heteroatoms. The van der Waals surface area contributed by atoms with Crippen molar-refractivity contribution in [3.05, 3.63) is 65.2 Å². The molecule has 4 N–H and O–H groups in total. The molecule has 146 valence electrons. The smallest absolute Gasteiger partial charge is 0.237 e. The van der Waals surface area contributed by atoms with Crippen molar-refractivity contribution in [1.29, 1.82) is 0 Å². The second kappa shape index (κ2) is 9.74. The zero-order valence-electron chi connectivity index (χ0n) is 15.4. The number of carbonyl (C=O) groups is 1. The molecule has 2 aromatic rings. The first kappa shape index (κ1) is 21.2. The summed E-state index contributed by atoms with van der Waals surface area (Å²) in [4.78, 5) is 12.2. The van der Waals surface area contributed by atoms with Gasteiger partial charge in [-0.15, -0.1) is 12.4 Å². The Morgan fingerprint density at radius 3 is 2.70 bits per heavy atom. The number of benzene rings is 2. The summed E-state index contributed by atoms with van der Waals surface area (Å²) in [5.41, 5.74) is 8.74. The van der Waals surface area contributed by atoms with E-state index in [2.05, 4.69) is 5.32 Å². The minimum Gasteiger partial charge on any atom is -0.508 e. The number of fused-ring (bicyclic) bond motifs is 1. The molecule has 1 heterocycles. The van der Waals surface area contributed by atoms with Crippen molar-refractivity contribution in [3.63, 3.8) is 0 Å². The summed E-state index contributed by atoms with van der Waals surface area (Å²) in [6.07, 6.45) is 1.63. The van der Waals surface area contributed by atoms with Gasteiger partial charge >= 0.3 is 0 Å². The average Bonchev–Trinajstić information content (AvgIpc) is 2.67. The zero-order valence-corrected chi connectivity index (χ0v) is 16.2. The van der Waals surface area contributed by atoms with Crippen molar-refractivity contribution in [3.8, 4) is 5.75 Å². The Morgan fingerprint density at radius 2 is 2.00 bits per heavy atom. The minimum atomic E-state index is -0.503. The van der Waals surface area contributed by atoms with E-state index in [4.69, 9.17) is 10.5 Å². The standard InChI is InChI=1S/C21H26N2O3.ClH/c1-2-7-17(22)21(25)23-13-20-15-10-6-11-18(24)16(15)12-19(26-20)14-8-4-3-5-9-14;/h3-6,8-11,17,19-20,24H,2,7,12-13,22H2,1H3,(H,23,25);1H/t17-,19-,20-;/m0./s1. The Labute approximate surface area is 166 Å². The van der Waals surface area contributed by atoms with Gasteiger partial charge in [0, 0.05) is 18.5 Å². The SMILES string of the molecule is CCC[C@H](N)C(=O)NC[C@@H]1O[C@H](c2ccccc2)Cc2c(O)cccc21.Cl. The number of rotatable bonds is 6. The largest absolute Gasteiger partial charge is 0.508 e. The summed E-state index contributed by atoms with van der Waals surface area (Å²) in [6.45, 7) is 2.33. The van der Waals surface area contributed by atoms with Crippen LogP contribution >= 0.6 is 12.4 Å². The molecule has 0 saturated heterocycles. The third kappa shape index (κ3) is 5.01. The van der Waals surface area contributed by atoms with Crippen molar-refractivity contribution in [1.82, 2.24) is 5.32 Å². The van der Waals surface area contributed by atoms with E-state index in [0.29, 0.717) is 19.4 Å². The molecule has 0 aliphatic carbocycles. The predicted octanol–water partition coefficient (Wildman–Crippen LogP) is 3.41. The van der Waals surface area contributed by atoms with Gasteiger partial charge in [0.15, 0.2) is 0 Å². The lowest BCUT2D eigenvalue weighted by Gasteiger charge is -2.33. The van der Waals surface area contributed by atoms with Crippen LogP contribution in [0.2, 0.25) is 0 Å². The Balaban J connectivity index is 0.00000261. The van der Waals surface area contributed by atoms with Crippen LogP contribution in [0.3, 0.4) is 0 Å². The summed E-state index contributed by atoms with van der Waals surface area (Å²) in [5, 5.41) is 13.2. The minimum absolute atomic E-state index is 0. The van der Waals surface area contributed by atoms with Crippen molar-refractivity contribution in [2.45, 2.75) is 44.4 Å². The lowest BCUT2D eigenvalue weighted by atomic mass is 9.90. The third-order valence-corrected chi connectivity index (χ3v) is 4.82. The Kier molecular flexibility index (Phi) is 7.66. The van der Waals surface area contributed by atoms with Gasteiger partial charge in [-0.05, 0) is 23.6 Å². The lowest BCUT2D eigenvalue weighted by molar-refractivity contribution is -0.123. The third-order valence-electron chi connectivity index (χ3n) is 4.82. The first-order chi connectivity index (χ1) is 12.6.